The summed E-state index contributed by atoms with van der Waals surface area (Å²) >= 11 is 5.98. The highest BCUT2D eigenvalue weighted by Crippen LogP contribution is 2.25. The summed E-state index contributed by atoms with van der Waals surface area (Å²) in [5.41, 5.74) is 0.211. The number of nitrogens with one attached hydrogen (secondary N) is 1. The summed E-state index contributed by atoms with van der Waals surface area (Å²) in [5.74, 6) is 0.719. The van der Waals surface area contributed by atoms with E-state index in [-0.39, 0.29) is 22.2 Å². The van der Waals surface area contributed by atoms with Gasteiger partial charge in [0.15, 0.2) is 16.4 Å². The monoisotopic (exact) mass is 369 g/mol. The molecule has 0 aliphatic rings. The molecule has 0 spiro atoms. The van der Waals surface area contributed by atoms with Gasteiger partial charge in [0.05, 0.1) is 22.7 Å². The van der Waals surface area contributed by atoms with Crippen molar-refractivity contribution in [3.8, 4) is 11.5 Å². The van der Waals surface area contributed by atoms with E-state index >= 15 is 0 Å². The molecular formula is C16H16ClNO5S. The summed E-state index contributed by atoms with van der Waals surface area (Å²) in [6.45, 7) is -0.244. The zero-order valence-corrected chi connectivity index (χ0v) is 14.6. The lowest BCUT2D eigenvalue weighted by Crippen LogP contribution is -2.20. The van der Waals surface area contributed by atoms with Gasteiger partial charge < -0.3 is 14.8 Å². The predicted molar refractivity (Wildman–Crippen MR) is 91.7 cm³/mol. The van der Waals surface area contributed by atoms with E-state index in [0.717, 1.165) is 6.26 Å². The van der Waals surface area contributed by atoms with Gasteiger partial charge in [-0.15, -0.1) is 0 Å². The van der Waals surface area contributed by atoms with Crippen LogP contribution in [0.1, 0.15) is 0 Å². The van der Waals surface area contributed by atoms with Crippen LogP contribution in [0.25, 0.3) is 0 Å². The van der Waals surface area contributed by atoms with Gasteiger partial charge in [0.1, 0.15) is 11.5 Å². The van der Waals surface area contributed by atoms with Gasteiger partial charge in [0.2, 0.25) is 0 Å². The molecule has 1 N–H and O–H groups in total. The van der Waals surface area contributed by atoms with Crippen LogP contribution in [0.15, 0.2) is 47.4 Å². The molecule has 0 aliphatic heterocycles. The van der Waals surface area contributed by atoms with Crippen molar-refractivity contribution in [1.82, 2.24) is 0 Å². The van der Waals surface area contributed by atoms with Crippen molar-refractivity contribution in [2.45, 2.75) is 4.90 Å². The molecule has 128 valence electrons. The molecule has 0 bridgehead atoms. The molecular weight excluding hydrogens is 354 g/mol. The third-order valence-corrected chi connectivity index (χ3v) is 4.51. The molecule has 0 unspecified atom stereocenters. The van der Waals surface area contributed by atoms with E-state index in [0.29, 0.717) is 11.5 Å². The number of benzene rings is 2. The van der Waals surface area contributed by atoms with Crippen LogP contribution in [-0.2, 0) is 14.6 Å². The van der Waals surface area contributed by atoms with Gasteiger partial charge in [0.25, 0.3) is 5.91 Å². The van der Waals surface area contributed by atoms with Crippen LogP contribution >= 0.6 is 11.6 Å². The Bertz CT molecular complexity index is 834. The minimum absolute atomic E-state index is 0.0678. The van der Waals surface area contributed by atoms with Crippen molar-refractivity contribution in [2.75, 3.05) is 25.3 Å². The molecule has 0 radical (unpaired) electrons. The van der Waals surface area contributed by atoms with Gasteiger partial charge in [-0.1, -0.05) is 11.6 Å². The number of sulfone groups is 1. The second-order valence-electron chi connectivity index (χ2n) is 4.93. The molecule has 24 heavy (non-hydrogen) atoms. The summed E-state index contributed by atoms with van der Waals surface area (Å²) in [6.07, 6.45) is 1.08. The smallest absolute Gasteiger partial charge is 0.262 e. The van der Waals surface area contributed by atoms with Crippen LogP contribution in [-0.4, -0.2) is 34.3 Å². The van der Waals surface area contributed by atoms with Crippen LogP contribution in [0.2, 0.25) is 5.02 Å². The fraction of sp³-hybridized carbons (Fsp3) is 0.188. The standard InChI is InChI=1S/C16H16ClNO5S/c1-22-11-3-5-12(6-4-11)23-10-16(19)18-15-9-13(24(2,20)21)7-8-14(15)17/h3-9H,10H2,1-2H3,(H,18,19). The highest BCUT2D eigenvalue weighted by Gasteiger charge is 2.12. The van der Waals surface area contributed by atoms with Gasteiger partial charge in [-0.3, -0.25) is 4.79 Å². The van der Waals surface area contributed by atoms with Gasteiger partial charge >= 0.3 is 0 Å². The first kappa shape index (κ1) is 18.1. The minimum atomic E-state index is -3.39. The topological polar surface area (TPSA) is 81.7 Å². The first-order valence-electron chi connectivity index (χ1n) is 6.86. The number of carbonyl (C=O) groups excluding carboxylic acids is 1. The first-order chi connectivity index (χ1) is 11.3. The average Bonchev–Trinajstić information content (AvgIpc) is 2.54. The maximum Gasteiger partial charge on any atom is 0.262 e. The molecule has 2 aromatic rings. The number of carbonyl (C=O) groups is 1. The first-order valence-corrected chi connectivity index (χ1v) is 9.13. The molecule has 2 aromatic carbocycles. The highest BCUT2D eigenvalue weighted by molar-refractivity contribution is 7.90. The second kappa shape index (κ2) is 7.55. The lowest BCUT2D eigenvalue weighted by atomic mass is 10.3. The van der Waals surface area contributed by atoms with Crippen LogP contribution in [0.3, 0.4) is 0 Å². The average molecular weight is 370 g/mol. The summed E-state index contributed by atoms with van der Waals surface area (Å²) in [4.78, 5) is 12.0. The summed E-state index contributed by atoms with van der Waals surface area (Å²) in [7, 11) is -1.84. The molecule has 6 nitrogen and oxygen atoms in total. The van der Waals surface area contributed by atoms with Crippen LogP contribution in [0.5, 0.6) is 11.5 Å². The molecule has 0 aromatic heterocycles. The third-order valence-electron chi connectivity index (χ3n) is 3.07. The molecule has 2 rings (SSSR count). The number of amides is 1. The lowest BCUT2D eigenvalue weighted by molar-refractivity contribution is -0.118. The SMILES string of the molecule is COc1ccc(OCC(=O)Nc2cc(S(C)(=O)=O)ccc2Cl)cc1. The maximum absolute atomic E-state index is 12.0. The Hall–Kier alpha value is -2.25. The predicted octanol–water partition coefficient (Wildman–Crippen LogP) is 2.77. The summed E-state index contributed by atoms with van der Waals surface area (Å²) < 4.78 is 33.5. The number of hydrogen-bond donors (Lipinski definition) is 1. The van der Waals surface area contributed by atoms with Crippen molar-refractivity contribution in [3.63, 3.8) is 0 Å². The molecule has 0 aliphatic carbocycles. The molecule has 0 saturated heterocycles. The van der Waals surface area contributed by atoms with E-state index in [1.165, 1.54) is 18.2 Å². The largest absolute Gasteiger partial charge is 0.497 e. The number of anilines is 1. The summed E-state index contributed by atoms with van der Waals surface area (Å²) in [5, 5.41) is 2.77. The zero-order chi connectivity index (χ0) is 17.7. The Kier molecular flexibility index (Phi) is 5.69. The highest BCUT2D eigenvalue weighted by atomic mass is 35.5. The normalized spacial score (nSPS) is 11.0. The Labute approximate surface area is 145 Å². The van der Waals surface area contributed by atoms with Gasteiger partial charge in [-0.2, -0.15) is 0 Å². The Morgan fingerprint density at radius 1 is 1.12 bits per heavy atom. The van der Waals surface area contributed by atoms with Gasteiger partial charge in [0, 0.05) is 6.26 Å². The van der Waals surface area contributed by atoms with E-state index in [9.17, 15) is 13.2 Å². The van der Waals surface area contributed by atoms with Gasteiger partial charge in [-0.05, 0) is 42.5 Å². The third kappa shape index (κ3) is 4.87. The van der Waals surface area contributed by atoms with Crippen molar-refractivity contribution in [1.29, 1.82) is 0 Å². The van der Waals surface area contributed by atoms with Crippen LogP contribution < -0.4 is 14.8 Å². The van der Waals surface area contributed by atoms with E-state index in [4.69, 9.17) is 21.1 Å². The fourth-order valence-electron chi connectivity index (χ4n) is 1.84. The van der Waals surface area contributed by atoms with E-state index in [1.54, 1.807) is 31.4 Å². The second-order valence-corrected chi connectivity index (χ2v) is 7.35. The zero-order valence-electron chi connectivity index (χ0n) is 13.1. The quantitative estimate of drug-likeness (QED) is 0.846. The number of ether oxygens (including phenoxy) is 2. The molecule has 1 amide bonds. The van der Waals surface area contributed by atoms with Crippen molar-refractivity contribution < 1.29 is 22.7 Å². The lowest BCUT2D eigenvalue weighted by Gasteiger charge is -2.10. The summed E-state index contributed by atoms with van der Waals surface area (Å²) in [6, 6.07) is 10.9. The maximum atomic E-state index is 12.0. The number of hydrogen-bond acceptors (Lipinski definition) is 5. The minimum Gasteiger partial charge on any atom is -0.497 e. The molecule has 0 atom stereocenters. The van der Waals surface area contributed by atoms with Crippen molar-refractivity contribution in [3.05, 3.63) is 47.5 Å². The number of halogens is 1. The Morgan fingerprint density at radius 3 is 2.33 bits per heavy atom. The van der Waals surface area contributed by atoms with Gasteiger partial charge in [-0.25, -0.2) is 8.42 Å². The molecule has 0 fully saturated rings. The van der Waals surface area contributed by atoms with Crippen LogP contribution in [0.4, 0.5) is 5.69 Å². The Balaban J connectivity index is 2.01. The number of methoxy groups -OCH3 is 1. The van der Waals surface area contributed by atoms with Crippen molar-refractivity contribution in [2.24, 2.45) is 0 Å². The number of rotatable bonds is 6. The van der Waals surface area contributed by atoms with E-state index < -0.39 is 15.7 Å². The van der Waals surface area contributed by atoms with E-state index in [2.05, 4.69) is 5.32 Å². The molecule has 0 saturated carbocycles. The fourth-order valence-corrected chi connectivity index (χ4v) is 2.65. The van der Waals surface area contributed by atoms with E-state index in [1.807, 2.05) is 0 Å². The van der Waals surface area contributed by atoms with Crippen molar-refractivity contribution >= 4 is 33.0 Å². The van der Waals surface area contributed by atoms with Crippen LogP contribution in [0, 0.1) is 0 Å². The molecule has 0 heterocycles. The molecule has 8 heteroatoms. The Morgan fingerprint density at radius 2 is 1.75 bits per heavy atom.